The summed E-state index contributed by atoms with van der Waals surface area (Å²) in [7, 11) is 0. The molecule has 2 rings (SSSR count). The lowest BCUT2D eigenvalue weighted by Crippen LogP contribution is -2.04. The van der Waals surface area contributed by atoms with Gasteiger partial charge in [0.2, 0.25) is 0 Å². The molecule has 0 saturated carbocycles. The first kappa shape index (κ1) is 12.6. The first-order chi connectivity index (χ1) is 8.84. The van der Waals surface area contributed by atoms with Gasteiger partial charge in [-0.05, 0) is 35.7 Å². The van der Waals surface area contributed by atoms with Gasteiger partial charge < -0.3 is 9.57 Å². The van der Waals surface area contributed by atoms with Gasteiger partial charge in [0.25, 0.3) is 0 Å². The standard InChI is InChI=1S/C13H12FNO2S/c14-11-3-5-12(6-4-11)16-7-8-17-15-10-13-2-1-9-18-13/h1-6,9-10H,7-8H2. The van der Waals surface area contributed by atoms with Gasteiger partial charge in [-0.15, -0.1) is 11.3 Å². The lowest BCUT2D eigenvalue weighted by molar-refractivity contribution is 0.108. The number of hydrogen-bond donors (Lipinski definition) is 0. The van der Waals surface area contributed by atoms with Gasteiger partial charge in [-0.25, -0.2) is 4.39 Å². The molecule has 94 valence electrons. The molecule has 0 spiro atoms. The Morgan fingerprint density at radius 3 is 2.72 bits per heavy atom. The van der Waals surface area contributed by atoms with Crippen LogP contribution in [0.3, 0.4) is 0 Å². The van der Waals surface area contributed by atoms with Crippen molar-refractivity contribution in [1.82, 2.24) is 0 Å². The average molecular weight is 265 g/mol. The van der Waals surface area contributed by atoms with Crippen LogP contribution >= 0.6 is 11.3 Å². The molecule has 3 nitrogen and oxygen atoms in total. The predicted octanol–water partition coefficient (Wildman–Crippen LogP) is 3.32. The van der Waals surface area contributed by atoms with Crippen molar-refractivity contribution in [3.05, 3.63) is 52.5 Å². The van der Waals surface area contributed by atoms with Crippen molar-refractivity contribution in [2.45, 2.75) is 0 Å². The minimum Gasteiger partial charge on any atom is -0.490 e. The quantitative estimate of drug-likeness (QED) is 0.456. The van der Waals surface area contributed by atoms with Crippen LogP contribution in [0.1, 0.15) is 4.88 Å². The number of oxime groups is 1. The van der Waals surface area contributed by atoms with E-state index in [9.17, 15) is 4.39 Å². The summed E-state index contributed by atoms with van der Waals surface area (Å²) >= 11 is 1.59. The number of benzene rings is 1. The molecule has 0 aliphatic rings. The van der Waals surface area contributed by atoms with Crippen LogP contribution < -0.4 is 4.74 Å². The van der Waals surface area contributed by atoms with Gasteiger partial charge >= 0.3 is 0 Å². The van der Waals surface area contributed by atoms with E-state index >= 15 is 0 Å². The second-order valence-electron chi connectivity index (χ2n) is 3.39. The van der Waals surface area contributed by atoms with Crippen LogP contribution in [0, 0.1) is 5.82 Å². The van der Waals surface area contributed by atoms with E-state index in [0.717, 1.165) is 4.88 Å². The molecule has 5 heteroatoms. The summed E-state index contributed by atoms with van der Waals surface area (Å²) in [5, 5.41) is 5.78. The van der Waals surface area contributed by atoms with Crippen LogP contribution in [0.4, 0.5) is 4.39 Å². The van der Waals surface area contributed by atoms with E-state index in [1.807, 2.05) is 17.5 Å². The van der Waals surface area contributed by atoms with Crippen molar-refractivity contribution < 1.29 is 14.0 Å². The van der Waals surface area contributed by atoms with Crippen molar-refractivity contribution >= 4 is 17.6 Å². The van der Waals surface area contributed by atoms with Crippen molar-refractivity contribution in [2.24, 2.45) is 5.16 Å². The molecule has 0 aliphatic heterocycles. The van der Waals surface area contributed by atoms with E-state index in [4.69, 9.17) is 9.57 Å². The van der Waals surface area contributed by atoms with E-state index < -0.39 is 0 Å². The molecule has 0 radical (unpaired) electrons. The van der Waals surface area contributed by atoms with E-state index in [0.29, 0.717) is 19.0 Å². The van der Waals surface area contributed by atoms with Crippen LogP contribution in [0.15, 0.2) is 46.9 Å². The molecule has 1 aromatic carbocycles. The summed E-state index contributed by atoms with van der Waals surface area (Å²) in [4.78, 5) is 6.07. The van der Waals surface area contributed by atoms with Gasteiger partial charge in [0, 0.05) is 4.88 Å². The van der Waals surface area contributed by atoms with Gasteiger partial charge in [0.1, 0.15) is 18.2 Å². The first-order valence-corrected chi connectivity index (χ1v) is 6.30. The largest absolute Gasteiger partial charge is 0.490 e. The Morgan fingerprint density at radius 1 is 1.17 bits per heavy atom. The Balaban J connectivity index is 1.63. The molecule has 0 saturated heterocycles. The second kappa shape index (κ2) is 6.76. The summed E-state index contributed by atoms with van der Waals surface area (Å²) in [6.07, 6.45) is 1.66. The number of hydrogen-bond acceptors (Lipinski definition) is 4. The number of rotatable bonds is 6. The molecule has 0 fully saturated rings. The van der Waals surface area contributed by atoms with Crippen LogP contribution in [-0.2, 0) is 4.84 Å². The predicted molar refractivity (Wildman–Crippen MR) is 69.8 cm³/mol. The van der Waals surface area contributed by atoms with Crippen LogP contribution in [-0.4, -0.2) is 19.4 Å². The van der Waals surface area contributed by atoms with Crippen LogP contribution in [0.2, 0.25) is 0 Å². The van der Waals surface area contributed by atoms with Gasteiger partial charge in [-0.2, -0.15) is 0 Å². The highest BCUT2D eigenvalue weighted by Crippen LogP contribution is 2.10. The van der Waals surface area contributed by atoms with Crippen LogP contribution in [0.5, 0.6) is 5.75 Å². The lowest BCUT2D eigenvalue weighted by atomic mass is 10.3. The fraction of sp³-hybridized carbons (Fsp3) is 0.154. The fourth-order valence-electron chi connectivity index (χ4n) is 1.23. The van der Waals surface area contributed by atoms with Crippen molar-refractivity contribution in [3.63, 3.8) is 0 Å². The zero-order valence-electron chi connectivity index (χ0n) is 9.58. The van der Waals surface area contributed by atoms with E-state index in [2.05, 4.69) is 5.16 Å². The molecule has 0 amide bonds. The SMILES string of the molecule is Fc1ccc(OCCON=Cc2cccs2)cc1. The normalized spacial score (nSPS) is 10.7. The van der Waals surface area contributed by atoms with Crippen LogP contribution in [0.25, 0.3) is 0 Å². The number of ether oxygens (including phenoxy) is 1. The Labute approximate surface area is 108 Å². The Kier molecular flexibility index (Phi) is 4.72. The Hall–Kier alpha value is -1.88. The van der Waals surface area contributed by atoms with Crippen molar-refractivity contribution in [3.8, 4) is 5.75 Å². The monoisotopic (exact) mass is 265 g/mol. The maximum Gasteiger partial charge on any atom is 0.151 e. The molecule has 2 aromatic rings. The molecule has 0 N–H and O–H groups in total. The fourth-order valence-corrected chi connectivity index (χ4v) is 1.81. The molecule has 1 heterocycles. The highest BCUT2D eigenvalue weighted by molar-refractivity contribution is 7.11. The third-order valence-electron chi connectivity index (χ3n) is 2.05. The number of halogens is 1. The Bertz CT molecular complexity index is 482. The van der Waals surface area contributed by atoms with Gasteiger partial charge in [0.15, 0.2) is 6.61 Å². The van der Waals surface area contributed by atoms with Gasteiger partial charge in [0.05, 0.1) is 6.21 Å². The summed E-state index contributed by atoms with van der Waals surface area (Å²) in [6, 6.07) is 9.75. The molecular weight excluding hydrogens is 253 g/mol. The average Bonchev–Trinajstić information content (AvgIpc) is 2.89. The lowest BCUT2D eigenvalue weighted by Gasteiger charge is -2.04. The Morgan fingerprint density at radius 2 is 2.00 bits per heavy atom. The third-order valence-corrected chi connectivity index (χ3v) is 2.86. The minimum absolute atomic E-state index is 0.279. The third kappa shape index (κ3) is 4.18. The summed E-state index contributed by atoms with van der Waals surface area (Å²) in [5.41, 5.74) is 0. The van der Waals surface area contributed by atoms with Gasteiger partial charge in [-0.1, -0.05) is 11.2 Å². The maximum atomic E-state index is 12.6. The number of thiophene rings is 1. The minimum atomic E-state index is -0.279. The highest BCUT2D eigenvalue weighted by atomic mass is 32.1. The molecular formula is C13H12FNO2S. The molecule has 0 atom stereocenters. The van der Waals surface area contributed by atoms with E-state index in [1.165, 1.54) is 12.1 Å². The zero-order valence-corrected chi connectivity index (χ0v) is 10.4. The maximum absolute atomic E-state index is 12.6. The highest BCUT2D eigenvalue weighted by Gasteiger charge is 1.94. The van der Waals surface area contributed by atoms with Crippen molar-refractivity contribution in [2.75, 3.05) is 13.2 Å². The van der Waals surface area contributed by atoms with Gasteiger partial charge in [-0.3, -0.25) is 0 Å². The van der Waals surface area contributed by atoms with E-state index in [-0.39, 0.29) is 5.82 Å². The summed E-state index contributed by atoms with van der Waals surface area (Å²) in [5.74, 6) is 0.335. The number of nitrogens with zero attached hydrogens (tertiary/aromatic N) is 1. The summed E-state index contributed by atoms with van der Waals surface area (Å²) in [6.45, 7) is 0.715. The molecule has 0 unspecified atom stereocenters. The van der Waals surface area contributed by atoms with E-state index in [1.54, 1.807) is 29.7 Å². The first-order valence-electron chi connectivity index (χ1n) is 5.42. The molecule has 1 aromatic heterocycles. The smallest absolute Gasteiger partial charge is 0.151 e. The molecule has 0 aliphatic carbocycles. The second-order valence-corrected chi connectivity index (χ2v) is 4.36. The van der Waals surface area contributed by atoms with Crippen molar-refractivity contribution in [1.29, 1.82) is 0 Å². The summed E-state index contributed by atoms with van der Waals surface area (Å²) < 4.78 is 17.9. The zero-order chi connectivity index (χ0) is 12.6. The topological polar surface area (TPSA) is 30.8 Å². The molecule has 18 heavy (non-hydrogen) atoms. The molecule has 0 bridgehead atoms.